The molecule has 3 aromatic rings. The Hall–Kier alpha value is -1.92. The summed E-state index contributed by atoms with van der Waals surface area (Å²) in [5.41, 5.74) is 8.92. The summed E-state index contributed by atoms with van der Waals surface area (Å²) >= 11 is 3.33. The Morgan fingerprint density at radius 3 is 2.68 bits per heavy atom. The van der Waals surface area contributed by atoms with Crippen molar-refractivity contribution in [3.63, 3.8) is 0 Å². The highest BCUT2D eigenvalue weighted by atomic mass is 32.2. The molecule has 0 saturated heterocycles. The van der Waals surface area contributed by atoms with E-state index in [1.807, 2.05) is 6.92 Å². The predicted molar refractivity (Wildman–Crippen MR) is 106 cm³/mol. The van der Waals surface area contributed by atoms with E-state index in [2.05, 4.69) is 46.5 Å². The van der Waals surface area contributed by atoms with Crippen LogP contribution in [0.2, 0.25) is 0 Å². The Morgan fingerprint density at radius 1 is 1.24 bits per heavy atom. The number of fused-ring (bicyclic) bond motifs is 1. The van der Waals surface area contributed by atoms with Gasteiger partial charge < -0.3 is 5.73 Å². The van der Waals surface area contributed by atoms with E-state index >= 15 is 0 Å². The molecule has 6 heteroatoms. The van der Waals surface area contributed by atoms with E-state index in [0.717, 1.165) is 39.7 Å². The molecular weight excluding hydrogens is 350 g/mol. The standard InChI is InChI=1S/C19H21N3OS2/c1-3-13-6-8-14(9-7-13)15-11-25-19-17(15)18(21-12(2)22-19)24-10-4-5-16(20)23/h6-9,11H,3-5,10H2,1-2H3,(H2,20,23). The molecule has 2 aromatic heterocycles. The summed E-state index contributed by atoms with van der Waals surface area (Å²) in [4.78, 5) is 21.2. The van der Waals surface area contributed by atoms with E-state index in [0.29, 0.717) is 6.42 Å². The number of aryl methyl sites for hydroxylation is 2. The number of nitrogens with two attached hydrogens (primary N) is 1. The quantitative estimate of drug-likeness (QED) is 0.375. The molecule has 0 fully saturated rings. The minimum atomic E-state index is -0.253. The molecule has 0 atom stereocenters. The van der Waals surface area contributed by atoms with Crippen LogP contribution in [0.4, 0.5) is 0 Å². The first-order chi connectivity index (χ1) is 12.1. The Labute approximate surface area is 155 Å². The van der Waals surface area contributed by atoms with Crippen molar-refractivity contribution in [2.45, 2.75) is 38.1 Å². The molecule has 0 aliphatic carbocycles. The first-order valence-corrected chi connectivity index (χ1v) is 10.2. The minimum Gasteiger partial charge on any atom is -0.370 e. The third-order valence-electron chi connectivity index (χ3n) is 3.99. The third-order valence-corrected chi connectivity index (χ3v) is 5.93. The summed E-state index contributed by atoms with van der Waals surface area (Å²) in [6.07, 6.45) is 2.21. The molecule has 0 spiro atoms. The zero-order chi connectivity index (χ0) is 17.8. The molecule has 2 N–H and O–H groups in total. The van der Waals surface area contributed by atoms with E-state index in [4.69, 9.17) is 5.73 Å². The van der Waals surface area contributed by atoms with Gasteiger partial charge in [0.1, 0.15) is 15.7 Å². The van der Waals surface area contributed by atoms with Crippen molar-refractivity contribution in [3.8, 4) is 11.1 Å². The molecule has 0 aliphatic rings. The van der Waals surface area contributed by atoms with Crippen LogP contribution in [-0.4, -0.2) is 21.6 Å². The number of amides is 1. The Kier molecular flexibility index (Phi) is 5.71. The van der Waals surface area contributed by atoms with Crippen molar-refractivity contribution in [2.24, 2.45) is 5.73 Å². The first kappa shape index (κ1) is 17.9. The number of hydrogen-bond donors (Lipinski definition) is 1. The van der Waals surface area contributed by atoms with Gasteiger partial charge >= 0.3 is 0 Å². The Balaban J connectivity index is 1.95. The molecular formula is C19H21N3OS2. The lowest BCUT2D eigenvalue weighted by Crippen LogP contribution is -2.10. The summed E-state index contributed by atoms with van der Waals surface area (Å²) in [6.45, 7) is 4.08. The maximum Gasteiger partial charge on any atom is 0.217 e. The van der Waals surface area contributed by atoms with Crippen molar-refractivity contribution < 1.29 is 4.79 Å². The highest BCUT2D eigenvalue weighted by Crippen LogP contribution is 2.38. The van der Waals surface area contributed by atoms with Crippen molar-refractivity contribution in [3.05, 3.63) is 41.0 Å². The normalized spacial score (nSPS) is 11.1. The van der Waals surface area contributed by atoms with E-state index in [-0.39, 0.29) is 5.91 Å². The largest absolute Gasteiger partial charge is 0.370 e. The summed E-state index contributed by atoms with van der Waals surface area (Å²) < 4.78 is 0. The number of thiophene rings is 1. The number of rotatable bonds is 7. The van der Waals surface area contributed by atoms with Crippen LogP contribution in [0.15, 0.2) is 34.7 Å². The molecule has 0 bridgehead atoms. The molecule has 1 aromatic carbocycles. The molecule has 3 rings (SSSR count). The van der Waals surface area contributed by atoms with Gasteiger partial charge in [-0.1, -0.05) is 31.2 Å². The number of nitrogens with zero attached hydrogens (tertiary/aromatic N) is 2. The minimum absolute atomic E-state index is 0.253. The summed E-state index contributed by atoms with van der Waals surface area (Å²) in [5, 5.41) is 4.26. The predicted octanol–water partition coefficient (Wildman–Crippen LogP) is 4.59. The number of benzene rings is 1. The Bertz CT molecular complexity index is 888. The van der Waals surface area contributed by atoms with Gasteiger partial charge in [0.15, 0.2) is 0 Å². The molecule has 1 amide bonds. The zero-order valence-corrected chi connectivity index (χ0v) is 16.0. The van der Waals surface area contributed by atoms with Crippen molar-refractivity contribution in [1.29, 1.82) is 0 Å². The van der Waals surface area contributed by atoms with E-state index < -0.39 is 0 Å². The number of aromatic nitrogens is 2. The molecule has 0 unspecified atom stereocenters. The SMILES string of the molecule is CCc1ccc(-c2csc3nc(C)nc(SCCCC(N)=O)c23)cc1. The first-order valence-electron chi connectivity index (χ1n) is 8.34. The van der Waals surface area contributed by atoms with Crippen LogP contribution >= 0.6 is 23.1 Å². The lowest BCUT2D eigenvalue weighted by atomic mass is 10.0. The topological polar surface area (TPSA) is 68.9 Å². The second-order valence-electron chi connectivity index (χ2n) is 5.87. The van der Waals surface area contributed by atoms with Gasteiger partial charge in [-0.15, -0.1) is 23.1 Å². The van der Waals surface area contributed by atoms with Crippen molar-refractivity contribution in [1.82, 2.24) is 9.97 Å². The van der Waals surface area contributed by atoms with Gasteiger partial charge in [0.05, 0.1) is 5.39 Å². The molecule has 4 nitrogen and oxygen atoms in total. The molecule has 25 heavy (non-hydrogen) atoms. The molecule has 130 valence electrons. The zero-order valence-electron chi connectivity index (χ0n) is 14.4. The fourth-order valence-corrected chi connectivity index (χ4v) is 4.75. The summed E-state index contributed by atoms with van der Waals surface area (Å²) in [7, 11) is 0. The van der Waals surface area contributed by atoms with Crippen LogP contribution < -0.4 is 5.73 Å². The second kappa shape index (κ2) is 7.97. The molecule has 2 heterocycles. The number of carbonyl (C=O) groups excluding carboxylic acids is 1. The van der Waals surface area contributed by atoms with Gasteiger partial charge in [-0.05, 0) is 30.9 Å². The summed E-state index contributed by atoms with van der Waals surface area (Å²) in [5.74, 6) is 1.34. The van der Waals surface area contributed by atoms with Crippen LogP contribution in [0.3, 0.4) is 0 Å². The van der Waals surface area contributed by atoms with Gasteiger partial charge in [0.2, 0.25) is 5.91 Å². The maximum atomic E-state index is 10.9. The van der Waals surface area contributed by atoms with Crippen LogP contribution in [-0.2, 0) is 11.2 Å². The van der Waals surface area contributed by atoms with Crippen molar-refractivity contribution >= 4 is 39.2 Å². The summed E-state index contributed by atoms with van der Waals surface area (Å²) in [6, 6.07) is 8.69. The van der Waals surface area contributed by atoms with Crippen LogP contribution in [0.1, 0.15) is 31.2 Å². The fraction of sp³-hybridized carbons (Fsp3) is 0.316. The highest BCUT2D eigenvalue weighted by Gasteiger charge is 2.15. The second-order valence-corrected chi connectivity index (χ2v) is 7.82. The van der Waals surface area contributed by atoms with Gasteiger partial charge in [0.25, 0.3) is 0 Å². The number of primary amides is 1. The lowest BCUT2D eigenvalue weighted by molar-refractivity contribution is -0.118. The Morgan fingerprint density at radius 2 is 2.00 bits per heavy atom. The molecule has 0 radical (unpaired) electrons. The van der Waals surface area contributed by atoms with Crippen LogP contribution in [0.25, 0.3) is 21.3 Å². The monoisotopic (exact) mass is 371 g/mol. The fourth-order valence-electron chi connectivity index (χ4n) is 2.66. The van der Waals surface area contributed by atoms with Crippen molar-refractivity contribution in [2.75, 3.05) is 5.75 Å². The van der Waals surface area contributed by atoms with E-state index in [1.54, 1.807) is 23.1 Å². The van der Waals surface area contributed by atoms with Gasteiger partial charge in [0, 0.05) is 23.1 Å². The average Bonchev–Trinajstić information content (AvgIpc) is 3.02. The molecule has 0 aliphatic heterocycles. The van der Waals surface area contributed by atoms with E-state index in [9.17, 15) is 4.79 Å². The smallest absolute Gasteiger partial charge is 0.217 e. The van der Waals surface area contributed by atoms with E-state index in [1.165, 1.54) is 16.7 Å². The number of hydrogen-bond acceptors (Lipinski definition) is 5. The average molecular weight is 372 g/mol. The van der Waals surface area contributed by atoms with Gasteiger partial charge in [-0.25, -0.2) is 9.97 Å². The molecule has 0 saturated carbocycles. The van der Waals surface area contributed by atoms with Crippen LogP contribution in [0, 0.1) is 6.92 Å². The maximum absolute atomic E-state index is 10.9. The van der Waals surface area contributed by atoms with Crippen LogP contribution in [0.5, 0.6) is 0 Å². The van der Waals surface area contributed by atoms with Gasteiger partial charge in [-0.3, -0.25) is 4.79 Å². The highest BCUT2D eigenvalue weighted by molar-refractivity contribution is 7.99. The number of thioether (sulfide) groups is 1. The van der Waals surface area contributed by atoms with Gasteiger partial charge in [-0.2, -0.15) is 0 Å². The third kappa shape index (κ3) is 4.19. The number of carbonyl (C=O) groups is 1. The lowest BCUT2D eigenvalue weighted by Gasteiger charge is -2.07.